The molecule has 3 nitrogen and oxygen atoms in total. The van der Waals surface area contributed by atoms with Gasteiger partial charge in [0.2, 0.25) is 0 Å². The number of hydrogen-bond donors (Lipinski definition) is 0. The SMILES string of the molecule is c1ccc(-c2nc(-c3ccccc3)nc(-c3cc(-c4cccc(-c5cccc6ccccc56)c4)cc(-c4cccc(-c5cccc6ccccc56)c4)c3)n2)cc1. The molecule has 0 amide bonds. The molecule has 0 N–H and O–H groups in total. The normalized spacial score (nSPS) is 11.2. The van der Waals surface area contributed by atoms with Crippen molar-refractivity contribution < 1.29 is 0 Å². The molecule has 0 bridgehead atoms. The van der Waals surface area contributed by atoms with Crippen molar-refractivity contribution >= 4 is 21.5 Å². The topological polar surface area (TPSA) is 38.7 Å². The van der Waals surface area contributed by atoms with Gasteiger partial charge in [0.05, 0.1) is 0 Å². The summed E-state index contributed by atoms with van der Waals surface area (Å²) in [6, 6.07) is 75.0. The second-order valence-corrected chi connectivity index (χ2v) is 14.1. The van der Waals surface area contributed by atoms with Crippen LogP contribution in [-0.2, 0) is 0 Å². The molecule has 0 spiro atoms. The number of hydrogen-bond acceptors (Lipinski definition) is 3. The van der Waals surface area contributed by atoms with Gasteiger partial charge >= 0.3 is 0 Å². The van der Waals surface area contributed by atoms with E-state index < -0.39 is 0 Å². The first-order valence-corrected chi connectivity index (χ1v) is 18.9. The van der Waals surface area contributed by atoms with Crippen LogP contribution in [0.4, 0.5) is 0 Å². The van der Waals surface area contributed by atoms with Crippen molar-refractivity contribution in [3.63, 3.8) is 0 Å². The van der Waals surface area contributed by atoms with Crippen LogP contribution in [0.3, 0.4) is 0 Å². The zero-order valence-electron chi connectivity index (χ0n) is 30.5. The Labute approximate surface area is 326 Å². The molecular formula is C53H35N3. The van der Waals surface area contributed by atoms with E-state index in [1.54, 1.807) is 0 Å². The lowest BCUT2D eigenvalue weighted by Gasteiger charge is -2.14. The molecule has 262 valence electrons. The Bertz CT molecular complexity index is 2820. The molecule has 3 heteroatoms. The van der Waals surface area contributed by atoms with Crippen molar-refractivity contribution in [1.29, 1.82) is 0 Å². The molecule has 1 aromatic heterocycles. The minimum absolute atomic E-state index is 0.622. The molecule has 0 atom stereocenters. The third-order valence-corrected chi connectivity index (χ3v) is 10.5. The van der Waals surface area contributed by atoms with Crippen molar-refractivity contribution in [2.75, 3.05) is 0 Å². The average molecular weight is 714 g/mol. The van der Waals surface area contributed by atoms with Gasteiger partial charge in [0, 0.05) is 16.7 Å². The molecule has 0 aliphatic carbocycles. The van der Waals surface area contributed by atoms with Gasteiger partial charge in [0.1, 0.15) is 0 Å². The summed E-state index contributed by atoms with van der Waals surface area (Å²) in [4.78, 5) is 15.3. The van der Waals surface area contributed by atoms with E-state index in [2.05, 4.69) is 152 Å². The quantitative estimate of drug-likeness (QED) is 0.165. The fourth-order valence-electron chi connectivity index (χ4n) is 7.71. The maximum Gasteiger partial charge on any atom is 0.164 e. The van der Waals surface area contributed by atoms with Crippen LogP contribution in [0.5, 0.6) is 0 Å². The van der Waals surface area contributed by atoms with Gasteiger partial charge < -0.3 is 0 Å². The molecule has 56 heavy (non-hydrogen) atoms. The fourth-order valence-corrected chi connectivity index (χ4v) is 7.71. The Balaban J connectivity index is 1.18. The number of rotatable bonds is 7. The van der Waals surface area contributed by atoms with Crippen LogP contribution in [0.15, 0.2) is 212 Å². The standard InChI is InChI=1S/C53H35N3/c1-3-17-38(18-4-1)51-54-52(39-19-5-2-6-20-39)56-53(55-51)46-34-44(40-23-11-25-42(31-40)49-29-13-21-36-15-7-9-27-47(36)49)33-45(35-46)41-24-12-26-43(32-41)50-30-14-22-37-16-8-10-28-48(37)50/h1-35H. The lowest BCUT2D eigenvalue weighted by atomic mass is 9.91. The van der Waals surface area contributed by atoms with E-state index in [0.29, 0.717) is 17.5 Å². The number of aromatic nitrogens is 3. The lowest BCUT2D eigenvalue weighted by Crippen LogP contribution is -2.00. The molecule has 0 unspecified atom stereocenters. The summed E-state index contributed by atoms with van der Waals surface area (Å²) in [6.45, 7) is 0. The van der Waals surface area contributed by atoms with Crippen molar-refractivity contribution in [1.82, 2.24) is 15.0 Å². The Morgan fingerprint density at radius 2 is 0.536 bits per heavy atom. The van der Waals surface area contributed by atoms with Crippen LogP contribution in [0, 0.1) is 0 Å². The van der Waals surface area contributed by atoms with E-state index in [1.807, 2.05) is 60.7 Å². The Morgan fingerprint density at radius 3 is 1.02 bits per heavy atom. The lowest BCUT2D eigenvalue weighted by molar-refractivity contribution is 1.07. The Morgan fingerprint density at radius 1 is 0.214 bits per heavy atom. The molecule has 10 aromatic rings. The van der Waals surface area contributed by atoms with Gasteiger partial charge in [-0.25, -0.2) is 15.0 Å². The summed E-state index contributed by atoms with van der Waals surface area (Å²) >= 11 is 0. The molecular weight excluding hydrogens is 679 g/mol. The highest BCUT2D eigenvalue weighted by atomic mass is 15.0. The predicted molar refractivity (Wildman–Crippen MR) is 233 cm³/mol. The van der Waals surface area contributed by atoms with Crippen LogP contribution in [-0.4, -0.2) is 15.0 Å². The average Bonchev–Trinajstić information content (AvgIpc) is 3.29. The molecule has 0 fully saturated rings. The molecule has 0 saturated heterocycles. The minimum atomic E-state index is 0.622. The zero-order chi connectivity index (χ0) is 37.3. The van der Waals surface area contributed by atoms with E-state index in [1.165, 1.54) is 43.8 Å². The Hall–Kier alpha value is -7.49. The minimum Gasteiger partial charge on any atom is -0.208 e. The van der Waals surface area contributed by atoms with E-state index in [4.69, 9.17) is 15.0 Å². The van der Waals surface area contributed by atoms with Crippen LogP contribution in [0.25, 0.3) is 100 Å². The van der Waals surface area contributed by atoms with Crippen LogP contribution in [0.2, 0.25) is 0 Å². The smallest absolute Gasteiger partial charge is 0.164 e. The maximum absolute atomic E-state index is 5.15. The van der Waals surface area contributed by atoms with Gasteiger partial charge in [-0.15, -0.1) is 0 Å². The van der Waals surface area contributed by atoms with Gasteiger partial charge in [-0.05, 0) is 96.4 Å². The summed E-state index contributed by atoms with van der Waals surface area (Å²) in [5.41, 5.74) is 11.9. The summed E-state index contributed by atoms with van der Waals surface area (Å²) in [7, 11) is 0. The molecule has 9 aromatic carbocycles. The molecule has 0 aliphatic heterocycles. The van der Waals surface area contributed by atoms with Crippen LogP contribution >= 0.6 is 0 Å². The van der Waals surface area contributed by atoms with E-state index >= 15 is 0 Å². The largest absolute Gasteiger partial charge is 0.208 e. The van der Waals surface area contributed by atoms with Crippen molar-refractivity contribution in [2.45, 2.75) is 0 Å². The third-order valence-electron chi connectivity index (χ3n) is 10.5. The fraction of sp³-hybridized carbons (Fsp3) is 0. The molecule has 0 saturated carbocycles. The zero-order valence-corrected chi connectivity index (χ0v) is 30.5. The molecule has 0 radical (unpaired) electrons. The van der Waals surface area contributed by atoms with Gasteiger partial charge in [-0.1, -0.05) is 182 Å². The third kappa shape index (κ3) is 6.42. The summed E-state index contributed by atoms with van der Waals surface area (Å²) in [5.74, 6) is 1.89. The van der Waals surface area contributed by atoms with Crippen LogP contribution in [0.1, 0.15) is 0 Å². The Kier molecular flexibility index (Phi) is 8.51. The summed E-state index contributed by atoms with van der Waals surface area (Å²) in [6.07, 6.45) is 0. The van der Waals surface area contributed by atoms with Gasteiger partial charge in [0.25, 0.3) is 0 Å². The van der Waals surface area contributed by atoms with E-state index in [0.717, 1.165) is 38.9 Å². The number of benzene rings is 9. The maximum atomic E-state index is 5.15. The van der Waals surface area contributed by atoms with Crippen molar-refractivity contribution in [2.24, 2.45) is 0 Å². The highest BCUT2D eigenvalue weighted by Crippen LogP contribution is 2.38. The first-order chi connectivity index (χ1) is 27.7. The number of fused-ring (bicyclic) bond motifs is 2. The summed E-state index contributed by atoms with van der Waals surface area (Å²) < 4.78 is 0. The summed E-state index contributed by atoms with van der Waals surface area (Å²) in [5, 5.41) is 4.92. The molecule has 1 heterocycles. The van der Waals surface area contributed by atoms with Gasteiger partial charge in [0.15, 0.2) is 17.5 Å². The highest BCUT2D eigenvalue weighted by molar-refractivity contribution is 5.99. The molecule has 0 aliphatic rings. The van der Waals surface area contributed by atoms with E-state index in [-0.39, 0.29) is 0 Å². The van der Waals surface area contributed by atoms with Crippen molar-refractivity contribution in [3.05, 3.63) is 212 Å². The van der Waals surface area contributed by atoms with Gasteiger partial charge in [-0.2, -0.15) is 0 Å². The second kappa shape index (κ2) is 14.4. The van der Waals surface area contributed by atoms with Crippen molar-refractivity contribution in [3.8, 4) is 78.7 Å². The predicted octanol–water partition coefficient (Wildman–Crippen LogP) is 13.8. The first-order valence-electron chi connectivity index (χ1n) is 18.9. The second-order valence-electron chi connectivity index (χ2n) is 14.1. The number of nitrogens with zero attached hydrogens (tertiary/aromatic N) is 3. The van der Waals surface area contributed by atoms with E-state index in [9.17, 15) is 0 Å². The van der Waals surface area contributed by atoms with Crippen LogP contribution < -0.4 is 0 Å². The monoisotopic (exact) mass is 713 g/mol. The first kappa shape index (κ1) is 33.1. The van der Waals surface area contributed by atoms with Gasteiger partial charge in [-0.3, -0.25) is 0 Å². The highest BCUT2D eigenvalue weighted by Gasteiger charge is 2.16. The molecule has 10 rings (SSSR count).